The van der Waals surface area contributed by atoms with E-state index in [4.69, 9.17) is 4.52 Å². The van der Waals surface area contributed by atoms with E-state index in [0.29, 0.717) is 23.8 Å². The highest BCUT2D eigenvalue weighted by molar-refractivity contribution is 14.0. The van der Waals surface area contributed by atoms with Gasteiger partial charge >= 0.3 is 6.18 Å². The van der Waals surface area contributed by atoms with Gasteiger partial charge in [0.25, 0.3) is 0 Å². The van der Waals surface area contributed by atoms with Crippen LogP contribution in [0.15, 0.2) is 46.1 Å². The molecule has 0 aliphatic rings. The van der Waals surface area contributed by atoms with Crippen LogP contribution in [-0.4, -0.2) is 18.2 Å². The highest BCUT2D eigenvalue weighted by Crippen LogP contribution is 2.30. The molecule has 24 heavy (non-hydrogen) atoms. The normalized spacial score (nSPS) is 13.1. The molecule has 0 amide bonds. The summed E-state index contributed by atoms with van der Waals surface area (Å²) in [7, 11) is 1.58. The van der Waals surface area contributed by atoms with E-state index in [0.717, 1.165) is 12.1 Å². The summed E-state index contributed by atoms with van der Waals surface area (Å²) in [5, 5.41) is 9.80. The molecule has 132 valence electrons. The molecule has 0 spiro atoms. The van der Waals surface area contributed by atoms with Gasteiger partial charge < -0.3 is 15.2 Å². The van der Waals surface area contributed by atoms with Gasteiger partial charge in [0, 0.05) is 13.1 Å². The van der Waals surface area contributed by atoms with Crippen LogP contribution < -0.4 is 10.6 Å². The maximum Gasteiger partial charge on any atom is 0.416 e. The molecular weight excluding hydrogens is 436 g/mol. The van der Waals surface area contributed by atoms with Crippen molar-refractivity contribution < 1.29 is 17.7 Å². The Balaban J connectivity index is 0.00000288. The lowest BCUT2D eigenvalue weighted by molar-refractivity contribution is -0.137. The van der Waals surface area contributed by atoms with Gasteiger partial charge in [-0.15, -0.1) is 24.0 Å². The number of hydrogen-bond acceptors (Lipinski definition) is 3. The Labute approximate surface area is 154 Å². The molecule has 0 aliphatic heterocycles. The molecule has 1 atom stereocenters. The van der Waals surface area contributed by atoms with E-state index in [-0.39, 0.29) is 30.0 Å². The summed E-state index contributed by atoms with van der Waals surface area (Å²) in [6, 6.07) is 6.56. The zero-order valence-electron chi connectivity index (χ0n) is 13.1. The predicted molar refractivity (Wildman–Crippen MR) is 95.1 cm³/mol. The van der Waals surface area contributed by atoms with Crippen molar-refractivity contribution in [3.8, 4) is 0 Å². The molecule has 0 bridgehead atoms. The van der Waals surface area contributed by atoms with Crippen LogP contribution in [0.3, 0.4) is 0 Å². The average Bonchev–Trinajstić information content (AvgIpc) is 3.04. The van der Waals surface area contributed by atoms with E-state index in [1.807, 2.05) is 0 Å². The van der Waals surface area contributed by atoms with Crippen LogP contribution in [0.25, 0.3) is 0 Å². The first-order valence-electron chi connectivity index (χ1n) is 6.93. The summed E-state index contributed by atoms with van der Waals surface area (Å²) in [6.07, 6.45) is -2.90. The van der Waals surface area contributed by atoms with Gasteiger partial charge in [0.1, 0.15) is 12.0 Å². The van der Waals surface area contributed by atoms with E-state index in [2.05, 4.69) is 20.8 Å². The average molecular weight is 454 g/mol. The van der Waals surface area contributed by atoms with E-state index in [1.54, 1.807) is 26.1 Å². The van der Waals surface area contributed by atoms with Crippen LogP contribution in [-0.2, 0) is 12.7 Å². The summed E-state index contributed by atoms with van der Waals surface area (Å²) < 4.78 is 43.0. The van der Waals surface area contributed by atoms with Gasteiger partial charge in [-0.2, -0.15) is 13.2 Å². The van der Waals surface area contributed by atoms with Gasteiger partial charge in [-0.1, -0.05) is 17.3 Å². The first-order valence-corrected chi connectivity index (χ1v) is 6.93. The third-order valence-electron chi connectivity index (χ3n) is 3.22. The fraction of sp³-hybridized carbons (Fsp3) is 0.333. The molecule has 0 aliphatic carbocycles. The molecule has 0 saturated carbocycles. The molecule has 1 aromatic carbocycles. The minimum atomic E-state index is -4.36. The Morgan fingerprint density at radius 2 is 2.08 bits per heavy atom. The van der Waals surface area contributed by atoms with E-state index < -0.39 is 11.7 Å². The van der Waals surface area contributed by atoms with E-state index in [1.165, 1.54) is 12.3 Å². The minimum Gasteiger partial charge on any atom is -0.364 e. The second kappa shape index (κ2) is 8.90. The Hall–Kier alpha value is -1.78. The molecule has 9 heteroatoms. The number of benzene rings is 1. The predicted octanol–water partition coefficient (Wildman–Crippen LogP) is 3.74. The smallest absolute Gasteiger partial charge is 0.364 e. The molecule has 5 nitrogen and oxygen atoms in total. The first-order chi connectivity index (χ1) is 10.9. The fourth-order valence-corrected chi connectivity index (χ4v) is 1.97. The molecule has 2 aromatic rings. The lowest BCUT2D eigenvalue weighted by Crippen LogP contribution is -2.38. The van der Waals surface area contributed by atoms with E-state index >= 15 is 0 Å². The highest BCUT2D eigenvalue weighted by Gasteiger charge is 2.30. The minimum absolute atomic E-state index is 0. The number of aromatic nitrogens is 1. The Morgan fingerprint density at radius 3 is 2.67 bits per heavy atom. The summed E-state index contributed by atoms with van der Waals surface area (Å²) in [4.78, 5) is 4.04. The molecule has 0 fully saturated rings. The molecule has 1 heterocycles. The number of halogens is 4. The zero-order valence-corrected chi connectivity index (χ0v) is 15.4. The van der Waals surface area contributed by atoms with Crippen molar-refractivity contribution >= 4 is 29.9 Å². The van der Waals surface area contributed by atoms with Crippen LogP contribution in [0.1, 0.15) is 29.8 Å². The monoisotopic (exact) mass is 454 g/mol. The number of nitrogens with zero attached hydrogens (tertiary/aromatic N) is 2. The van der Waals surface area contributed by atoms with Crippen molar-refractivity contribution in [2.24, 2.45) is 4.99 Å². The van der Waals surface area contributed by atoms with Crippen molar-refractivity contribution in [1.29, 1.82) is 0 Å². The van der Waals surface area contributed by atoms with Crippen molar-refractivity contribution in [2.75, 3.05) is 7.05 Å². The quantitative estimate of drug-likeness (QED) is 0.420. The SMILES string of the molecule is CN=C(NCc1ccon1)NC(C)c1cccc(C(F)(F)F)c1.I. The Bertz CT molecular complexity index is 659. The number of guanidine groups is 1. The van der Waals surface area contributed by atoms with Crippen LogP contribution >= 0.6 is 24.0 Å². The van der Waals surface area contributed by atoms with Crippen molar-refractivity contribution in [2.45, 2.75) is 25.7 Å². The summed E-state index contributed by atoms with van der Waals surface area (Å²) in [6.45, 7) is 2.16. The zero-order chi connectivity index (χ0) is 16.9. The summed E-state index contributed by atoms with van der Waals surface area (Å²) in [5.41, 5.74) is 0.540. The Kier molecular flexibility index (Phi) is 7.52. The van der Waals surface area contributed by atoms with Crippen LogP contribution in [0.4, 0.5) is 13.2 Å². The molecule has 1 aromatic heterocycles. The van der Waals surface area contributed by atoms with Crippen LogP contribution in [0.2, 0.25) is 0 Å². The summed E-state index contributed by atoms with van der Waals surface area (Å²) >= 11 is 0. The maximum absolute atomic E-state index is 12.8. The van der Waals surface area contributed by atoms with Gasteiger partial charge in [-0.3, -0.25) is 4.99 Å². The molecule has 2 rings (SSSR count). The van der Waals surface area contributed by atoms with Crippen molar-refractivity contribution in [3.63, 3.8) is 0 Å². The van der Waals surface area contributed by atoms with Crippen molar-refractivity contribution in [3.05, 3.63) is 53.4 Å². The van der Waals surface area contributed by atoms with Gasteiger partial charge in [0.15, 0.2) is 5.96 Å². The van der Waals surface area contributed by atoms with Crippen LogP contribution in [0.5, 0.6) is 0 Å². The van der Waals surface area contributed by atoms with Gasteiger partial charge in [0.05, 0.1) is 18.2 Å². The molecule has 1 unspecified atom stereocenters. The van der Waals surface area contributed by atoms with Crippen molar-refractivity contribution in [1.82, 2.24) is 15.8 Å². The molecule has 0 radical (unpaired) electrons. The fourth-order valence-electron chi connectivity index (χ4n) is 1.97. The first kappa shape index (κ1) is 20.3. The molecule has 0 saturated heterocycles. The van der Waals surface area contributed by atoms with Crippen LogP contribution in [0, 0.1) is 0 Å². The third kappa shape index (κ3) is 5.69. The van der Waals surface area contributed by atoms with E-state index in [9.17, 15) is 13.2 Å². The number of nitrogens with one attached hydrogen (secondary N) is 2. The number of alkyl halides is 3. The number of aliphatic imine (C=N–C) groups is 1. The maximum atomic E-state index is 12.8. The van der Waals surface area contributed by atoms with Gasteiger partial charge in [-0.05, 0) is 24.6 Å². The highest BCUT2D eigenvalue weighted by atomic mass is 127. The number of rotatable bonds is 4. The number of hydrogen-bond donors (Lipinski definition) is 2. The van der Waals surface area contributed by atoms with Gasteiger partial charge in [0.2, 0.25) is 0 Å². The molecule has 2 N–H and O–H groups in total. The lowest BCUT2D eigenvalue weighted by Gasteiger charge is -2.19. The topological polar surface area (TPSA) is 62.5 Å². The Morgan fingerprint density at radius 1 is 1.33 bits per heavy atom. The van der Waals surface area contributed by atoms with Gasteiger partial charge in [-0.25, -0.2) is 0 Å². The molecular formula is C15H18F3IN4O. The standard InChI is InChI=1S/C15H17F3N4O.HI/c1-10(11-4-3-5-12(8-11)15(16,17)18)21-14(19-2)20-9-13-6-7-23-22-13;/h3-8,10H,9H2,1-2H3,(H2,19,20,21);1H. The lowest BCUT2D eigenvalue weighted by atomic mass is 10.1. The largest absolute Gasteiger partial charge is 0.416 e. The second-order valence-electron chi connectivity index (χ2n) is 4.91. The second-order valence-corrected chi connectivity index (χ2v) is 4.91. The third-order valence-corrected chi connectivity index (χ3v) is 3.22. The summed E-state index contributed by atoms with van der Waals surface area (Å²) in [5.74, 6) is 0.456.